The molecule has 0 unspecified atom stereocenters. The van der Waals surface area contributed by atoms with Gasteiger partial charge in [-0.1, -0.05) is 0 Å². The molecule has 1 aliphatic rings. The van der Waals surface area contributed by atoms with E-state index in [2.05, 4.69) is 5.32 Å². The number of aliphatic carboxylic acids is 1. The summed E-state index contributed by atoms with van der Waals surface area (Å²) in [5.41, 5.74) is 0. The van der Waals surface area contributed by atoms with Crippen LogP contribution in [0.2, 0.25) is 0 Å². The Balaban J connectivity index is 2.23. The minimum Gasteiger partial charge on any atom is -0.480 e. The molecule has 0 spiro atoms. The lowest BCUT2D eigenvalue weighted by Gasteiger charge is -2.07. The van der Waals surface area contributed by atoms with Crippen molar-refractivity contribution in [2.75, 3.05) is 13.2 Å². The molecule has 0 aromatic heterocycles. The molecule has 5 heteroatoms. The van der Waals surface area contributed by atoms with Crippen LogP contribution in [-0.4, -0.2) is 36.2 Å². The van der Waals surface area contributed by atoms with Gasteiger partial charge in [-0.15, -0.1) is 0 Å². The van der Waals surface area contributed by atoms with Crippen molar-refractivity contribution in [2.24, 2.45) is 0 Å². The summed E-state index contributed by atoms with van der Waals surface area (Å²) in [6.45, 7) is 0.254. The van der Waals surface area contributed by atoms with Gasteiger partial charge < -0.3 is 15.2 Å². The zero-order valence-corrected chi connectivity index (χ0v) is 6.58. The topological polar surface area (TPSA) is 75.6 Å². The van der Waals surface area contributed by atoms with E-state index in [4.69, 9.17) is 9.84 Å². The third-order valence-electron chi connectivity index (χ3n) is 1.64. The average Bonchev–Trinajstić information content (AvgIpc) is 2.51. The Labute approximate surface area is 69.7 Å². The molecule has 1 aliphatic heterocycles. The fourth-order valence-electron chi connectivity index (χ4n) is 1.06. The van der Waals surface area contributed by atoms with Gasteiger partial charge in [0.15, 0.2) is 0 Å². The molecule has 0 radical (unpaired) electrons. The lowest BCUT2D eigenvalue weighted by atomic mass is 10.2. The smallest absolute Gasteiger partial charge is 0.322 e. The summed E-state index contributed by atoms with van der Waals surface area (Å²) in [5.74, 6) is -1.36. The summed E-state index contributed by atoms with van der Waals surface area (Å²) >= 11 is 0. The van der Waals surface area contributed by atoms with Gasteiger partial charge in [-0.3, -0.25) is 9.59 Å². The molecule has 0 aromatic carbocycles. The molecule has 1 atom stereocenters. The van der Waals surface area contributed by atoms with Crippen LogP contribution in [0.5, 0.6) is 0 Å². The Morgan fingerprint density at radius 3 is 2.83 bits per heavy atom. The molecule has 1 heterocycles. The van der Waals surface area contributed by atoms with Gasteiger partial charge in [0.25, 0.3) is 0 Å². The number of carboxylic acid groups (broad SMARTS) is 1. The average molecular weight is 173 g/mol. The molecule has 0 bridgehead atoms. The van der Waals surface area contributed by atoms with Crippen molar-refractivity contribution in [3.8, 4) is 0 Å². The van der Waals surface area contributed by atoms with Crippen LogP contribution in [0.3, 0.4) is 0 Å². The van der Waals surface area contributed by atoms with E-state index in [1.54, 1.807) is 0 Å². The summed E-state index contributed by atoms with van der Waals surface area (Å²) in [7, 11) is 0. The quantitative estimate of drug-likeness (QED) is 0.595. The molecular weight excluding hydrogens is 162 g/mol. The van der Waals surface area contributed by atoms with E-state index in [1.165, 1.54) is 0 Å². The fraction of sp³-hybridized carbons (Fsp3) is 0.714. The number of carboxylic acids is 1. The Hall–Kier alpha value is -1.10. The number of carbonyl (C=O) groups is 2. The first-order valence-electron chi connectivity index (χ1n) is 3.81. The van der Waals surface area contributed by atoms with Crippen molar-refractivity contribution in [3.05, 3.63) is 0 Å². The van der Waals surface area contributed by atoms with E-state index < -0.39 is 12.1 Å². The van der Waals surface area contributed by atoms with E-state index >= 15 is 0 Å². The fourth-order valence-corrected chi connectivity index (χ4v) is 1.06. The first-order chi connectivity index (χ1) is 5.70. The lowest BCUT2D eigenvalue weighted by molar-refractivity contribution is -0.139. The zero-order valence-electron chi connectivity index (χ0n) is 6.58. The molecular formula is C7H11NO4. The van der Waals surface area contributed by atoms with E-state index in [1.807, 2.05) is 0 Å². The second kappa shape index (κ2) is 4.06. The molecule has 2 N–H and O–H groups in total. The second-order valence-corrected chi connectivity index (χ2v) is 2.61. The minimum absolute atomic E-state index is 0.324. The lowest BCUT2D eigenvalue weighted by Crippen LogP contribution is -2.37. The van der Waals surface area contributed by atoms with Gasteiger partial charge in [0.1, 0.15) is 12.6 Å². The van der Waals surface area contributed by atoms with Crippen molar-refractivity contribution in [3.63, 3.8) is 0 Å². The van der Waals surface area contributed by atoms with Crippen LogP contribution >= 0.6 is 0 Å². The third-order valence-corrected chi connectivity index (χ3v) is 1.64. The zero-order chi connectivity index (χ0) is 8.97. The Morgan fingerprint density at radius 2 is 2.33 bits per heavy atom. The van der Waals surface area contributed by atoms with Gasteiger partial charge in [-0.2, -0.15) is 0 Å². The van der Waals surface area contributed by atoms with Crippen molar-refractivity contribution in [2.45, 2.75) is 18.9 Å². The molecule has 0 saturated carbocycles. The molecule has 1 saturated heterocycles. The molecule has 68 valence electrons. The number of rotatable bonds is 3. The number of hydrogen-bond donors (Lipinski definition) is 2. The van der Waals surface area contributed by atoms with E-state index in [-0.39, 0.29) is 12.5 Å². The number of carbonyl (C=O) groups excluding carboxylic acids is 1. The van der Waals surface area contributed by atoms with Crippen molar-refractivity contribution in [1.29, 1.82) is 0 Å². The largest absolute Gasteiger partial charge is 0.480 e. The van der Waals surface area contributed by atoms with Gasteiger partial charge in [0.05, 0.1) is 0 Å². The van der Waals surface area contributed by atoms with E-state index in [0.717, 1.165) is 6.42 Å². The summed E-state index contributed by atoms with van der Waals surface area (Å²) in [4.78, 5) is 21.1. The van der Waals surface area contributed by atoms with Crippen molar-refractivity contribution < 1.29 is 19.4 Å². The molecule has 0 aliphatic carbocycles. The summed E-state index contributed by atoms with van der Waals surface area (Å²) in [6, 6.07) is 0. The first kappa shape index (κ1) is 8.99. The van der Waals surface area contributed by atoms with Crippen LogP contribution < -0.4 is 5.32 Å². The van der Waals surface area contributed by atoms with Crippen LogP contribution in [0.1, 0.15) is 12.8 Å². The predicted molar refractivity (Wildman–Crippen MR) is 39.6 cm³/mol. The highest BCUT2D eigenvalue weighted by Crippen LogP contribution is 2.11. The van der Waals surface area contributed by atoms with Crippen LogP contribution in [0.25, 0.3) is 0 Å². The normalized spacial score (nSPS) is 22.2. The second-order valence-electron chi connectivity index (χ2n) is 2.61. The minimum atomic E-state index is -1.04. The van der Waals surface area contributed by atoms with Gasteiger partial charge in [-0.05, 0) is 12.8 Å². The number of amides is 1. The third kappa shape index (κ3) is 2.50. The van der Waals surface area contributed by atoms with Crippen LogP contribution in [-0.2, 0) is 14.3 Å². The maximum atomic E-state index is 11.1. The molecule has 12 heavy (non-hydrogen) atoms. The Morgan fingerprint density at radius 1 is 1.58 bits per heavy atom. The Kier molecular flexibility index (Phi) is 3.04. The monoisotopic (exact) mass is 173 g/mol. The number of nitrogens with one attached hydrogen (secondary N) is 1. The number of ether oxygens (including phenoxy) is 1. The molecule has 1 rings (SSSR count). The molecule has 5 nitrogen and oxygen atoms in total. The standard InChI is InChI=1S/C7H11NO4/c9-6(10)4-8-7(11)5-2-1-3-12-5/h5H,1-4H2,(H,8,11)(H,9,10)/t5-/m0/s1. The predicted octanol–water partition coefficient (Wildman–Crippen LogP) is -0.634. The highest BCUT2D eigenvalue weighted by molar-refractivity contribution is 5.84. The summed E-state index contributed by atoms with van der Waals surface area (Å²) in [6.07, 6.45) is 1.11. The van der Waals surface area contributed by atoms with Crippen molar-refractivity contribution >= 4 is 11.9 Å². The number of hydrogen-bond acceptors (Lipinski definition) is 3. The van der Waals surface area contributed by atoms with Crippen LogP contribution in [0, 0.1) is 0 Å². The van der Waals surface area contributed by atoms with Gasteiger partial charge in [0.2, 0.25) is 5.91 Å². The molecule has 1 amide bonds. The van der Waals surface area contributed by atoms with E-state index in [9.17, 15) is 9.59 Å². The first-order valence-corrected chi connectivity index (χ1v) is 3.81. The maximum absolute atomic E-state index is 11.1. The van der Waals surface area contributed by atoms with Crippen LogP contribution in [0.4, 0.5) is 0 Å². The van der Waals surface area contributed by atoms with Crippen molar-refractivity contribution in [1.82, 2.24) is 5.32 Å². The summed E-state index contributed by atoms with van der Waals surface area (Å²) < 4.78 is 5.04. The van der Waals surface area contributed by atoms with Gasteiger partial charge >= 0.3 is 5.97 Å². The maximum Gasteiger partial charge on any atom is 0.322 e. The molecule has 0 aromatic rings. The highest BCUT2D eigenvalue weighted by Gasteiger charge is 2.23. The SMILES string of the molecule is O=C(O)CNC(=O)[C@@H]1CCCO1. The van der Waals surface area contributed by atoms with Crippen LogP contribution in [0.15, 0.2) is 0 Å². The van der Waals surface area contributed by atoms with Gasteiger partial charge in [-0.25, -0.2) is 0 Å². The van der Waals surface area contributed by atoms with Gasteiger partial charge in [0, 0.05) is 6.61 Å². The summed E-state index contributed by atoms with van der Waals surface area (Å²) in [5, 5.41) is 10.5. The Bertz CT molecular complexity index is 186. The highest BCUT2D eigenvalue weighted by atomic mass is 16.5. The molecule has 1 fully saturated rings. The van der Waals surface area contributed by atoms with E-state index in [0.29, 0.717) is 13.0 Å².